The van der Waals surface area contributed by atoms with Crippen molar-refractivity contribution >= 4 is 16.3 Å². The summed E-state index contributed by atoms with van der Waals surface area (Å²) >= 11 is 1.74. The second-order valence-corrected chi connectivity index (χ2v) is 6.43. The number of fused-ring (bicyclic) bond motifs is 3. The molecule has 3 N–H and O–H groups in total. The molecule has 2 aromatic rings. The van der Waals surface area contributed by atoms with Gasteiger partial charge in [-0.25, -0.2) is 0 Å². The van der Waals surface area contributed by atoms with Crippen LogP contribution in [0.25, 0.3) is 10.4 Å². The lowest BCUT2D eigenvalue weighted by Gasteiger charge is -2.15. The van der Waals surface area contributed by atoms with Gasteiger partial charge in [-0.2, -0.15) is 5.10 Å². The van der Waals surface area contributed by atoms with Crippen molar-refractivity contribution in [2.24, 2.45) is 0 Å². The third kappa shape index (κ3) is 1.65. The van der Waals surface area contributed by atoms with Crippen LogP contribution in [0.3, 0.4) is 0 Å². The molecule has 4 nitrogen and oxygen atoms in total. The van der Waals surface area contributed by atoms with Crippen LogP contribution in [0.15, 0.2) is 6.20 Å². The summed E-state index contributed by atoms with van der Waals surface area (Å²) < 4.78 is 2.17. The lowest BCUT2D eigenvalue weighted by molar-refractivity contribution is 0.571. The van der Waals surface area contributed by atoms with Gasteiger partial charge in [0, 0.05) is 40.8 Å². The summed E-state index contributed by atoms with van der Waals surface area (Å²) in [6, 6.07) is 0.507. The van der Waals surface area contributed by atoms with Gasteiger partial charge in [-0.05, 0) is 24.8 Å². The van der Waals surface area contributed by atoms with E-state index >= 15 is 0 Å². The fourth-order valence-corrected chi connectivity index (χ4v) is 4.33. The predicted molar refractivity (Wildman–Crippen MR) is 78.4 cm³/mol. The molecule has 0 radical (unpaired) electrons. The van der Waals surface area contributed by atoms with Gasteiger partial charge in [0.05, 0.1) is 11.2 Å². The number of anilines is 1. The van der Waals surface area contributed by atoms with Crippen LogP contribution in [0, 0.1) is 0 Å². The topological polar surface area (TPSA) is 65.8 Å². The Labute approximate surface area is 116 Å². The van der Waals surface area contributed by atoms with Crippen LogP contribution in [0.2, 0.25) is 0 Å². The molecule has 2 aliphatic rings. The molecule has 1 aliphatic carbocycles. The van der Waals surface area contributed by atoms with E-state index in [1.54, 1.807) is 11.3 Å². The Morgan fingerprint density at radius 3 is 3.11 bits per heavy atom. The highest BCUT2D eigenvalue weighted by molar-refractivity contribution is 7.19. The molecule has 100 valence electrons. The smallest absolute Gasteiger partial charge is 0.0914 e. The van der Waals surface area contributed by atoms with Crippen LogP contribution in [0.4, 0.5) is 5.00 Å². The van der Waals surface area contributed by atoms with Gasteiger partial charge in [0.25, 0.3) is 0 Å². The maximum absolute atomic E-state index is 6.24. The van der Waals surface area contributed by atoms with Gasteiger partial charge in [0.2, 0.25) is 0 Å². The number of aromatic nitrogens is 2. The summed E-state index contributed by atoms with van der Waals surface area (Å²) in [5.74, 6) is 0. The Kier molecular flexibility index (Phi) is 2.47. The fourth-order valence-electron chi connectivity index (χ4n) is 3.12. The van der Waals surface area contributed by atoms with E-state index in [1.165, 1.54) is 27.3 Å². The number of nitrogen functional groups attached to an aromatic ring is 1. The minimum absolute atomic E-state index is 0.507. The first kappa shape index (κ1) is 11.5. The van der Waals surface area contributed by atoms with Gasteiger partial charge in [-0.3, -0.25) is 4.68 Å². The molecule has 4 rings (SSSR count). The molecule has 1 aliphatic heterocycles. The van der Waals surface area contributed by atoms with Crippen LogP contribution < -0.4 is 11.1 Å². The zero-order valence-corrected chi connectivity index (χ0v) is 11.9. The third-order valence-electron chi connectivity index (χ3n) is 4.07. The second-order valence-electron chi connectivity index (χ2n) is 5.38. The van der Waals surface area contributed by atoms with Crippen molar-refractivity contribution in [3.8, 4) is 10.4 Å². The van der Waals surface area contributed by atoms with Crippen molar-refractivity contribution in [3.05, 3.63) is 23.0 Å². The number of thiophene rings is 1. The summed E-state index contributed by atoms with van der Waals surface area (Å²) in [6.45, 7) is 4.29. The average molecular weight is 274 g/mol. The van der Waals surface area contributed by atoms with E-state index in [4.69, 9.17) is 5.73 Å². The van der Waals surface area contributed by atoms with Crippen LogP contribution >= 0.6 is 11.3 Å². The van der Waals surface area contributed by atoms with Gasteiger partial charge in [-0.1, -0.05) is 6.92 Å². The van der Waals surface area contributed by atoms with Crippen LogP contribution in [-0.2, 0) is 19.4 Å². The Morgan fingerprint density at radius 2 is 2.37 bits per heavy atom. The summed E-state index contributed by atoms with van der Waals surface area (Å²) in [5.41, 5.74) is 11.8. The largest absolute Gasteiger partial charge is 0.390 e. The molecular weight excluding hydrogens is 256 g/mol. The number of aryl methyl sites for hydroxylation is 1. The second kappa shape index (κ2) is 4.08. The quantitative estimate of drug-likeness (QED) is 0.844. The lowest BCUT2D eigenvalue weighted by atomic mass is 9.93. The van der Waals surface area contributed by atoms with Crippen LogP contribution in [0.1, 0.15) is 36.2 Å². The van der Waals surface area contributed by atoms with Gasteiger partial charge in [0.15, 0.2) is 0 Å². The van der Waals surface area contributed by atoms with Gasteiger partial charge < -0.3 is 11.1 Å². The molecule has 1 atom stereocenters. The molecule has 2 aromatic heterocycles. The fraction of sp³-hybridized carbons (Fsp3) is 0.500. The number of nitrogens with one attached hydrogen (secondary N) is 1. The van der Waals surface area contributed by atoms with Gasteiger partial charge in [-0.15, -0.1) is 11.3 Å². The monoisotopic (exact) mass is 274 g/mol. The van der Waals surface area contributed by atoms with Crippen molar-refractivity contribution in [1.29, 1.82) is 0 Å². The van der Waals surface area contributed by atoms with E-state index in [2.05, 4.69) is 22.0 Å². The Morgan fingerprint density at radius 1 is 1.53 bits per heavy atom. The molecule has 0 bridgehead atoms. The molecule has 0 spiro atoms. The van der Waals surface area contributed by atoms with E-state index < -0.39 is 0 Å². The summed E-state index contributed by atoms with van der Waals surface area (Å²) in [7, 11) is 0. The molecule has 1 saturated heterocycles. The molecule has 1 unspecified atom stereocenters. The normalized spacial score (nSPS) is 20.2. The van der Waals surface area contributed by atoms with E-state index in [-0.39, 0.29) is 0 Å². The Hall–Kier alpha value is -1.33. The summed E-state index contributed by atoms with van der Waals surface area (Å²) in [5, 5.41) is 8.93. The molecule has 0 aromatic carbocycles. The van der Waals surface area contributed by atoms with Crippen molar-refractivity contribution in [1.82, 2.24) is 15.1 Å². The Balaban J connectivity index is 1.84. The Bertz CT molecular complexity index is 636. The van der Waals surface area contributed by atoms with Crippen LogP contribution in [-0.4, -0.2) is 16.3 Å². The number of hydrogen-bond donors (Lipinski definition) is 2. The molecule has 0 amide bonds. The zero-order chi connectivity index (χ0) is 13.0. The highest BCUT2D eigenvalue weighted by Gasteiger charge is 2.33. The predicted octanol–water partition coefficient (Wildman–Crippen LogP) is 2.35. The van der Waals surface area contributed by atoms with Crippen molar-refractivity contribution in [3.63, 3.8) is 0 Å². The minimum atomic E-state index is 0.507. The lowest BCUT2D eigenvalue weighted by Crippen LogP contribution is -2.10. The van der Waals surface area contributed by atoms with E-state index in [1.807, 2.05) is 6.20 Å². The molecular formula is C14H18N4S. The van der Waals surface area contributed by atoms with E-state index in [0.717, 1.165) is 37.4 Å². The highest BCUT2D eigenvalue weighted by atomic mass is 32.1. The standard InChI is InChI=1S/C14H18N4S/c1-2-5-18-11-4-3-8-12(10-7-16-10)14(15)19-13(8)9(11)6-17-18/h6,10,16H,2-5,7,15H2,1H3. The van der Waals surface area contributed by atoms with Gasteiger partial charge >= 0.3 is 0 Å². The molecule has 0 saturated carbocycles. The number of rotatable bonds is 3. The SMILES string of the molecule is CCCn1ncc2c1CCc1c-2sc(N)c1C1CN1. The molecule has 3 heterocycles. The van der Waals surface area contributed by atoms with Crippen LogP contribution in [0.5, 0.6) is 0 Å². The first-order valence-corrected chi connectivity index (χ1v) is 7.80. The first-order chi connectivity index (χ1) is 9.29. The van der Waals surface area contributed by atoms with Crippen molar-refractivity contribution in [2.75, 3.05) is 12.3 Å². The highest BCUT2D eigenvalue weighted by Crippen LogP contribution is 2.47. The number of nitrogens with zero attached hydrogens (tertiary/aromatic N) is 2. The molecule has 1 fully saturated rings. The van der Waals surface area contributed by atoms with E-state index in [9.17, 15) is 0 Å². The maximum atomic E-state index is 6.24. The zero-order valence-electron chi connectivity index (χ0n) is 11.1. The summed E-state index contributed by atoms with van der Waals surface area (Å²) in [6.07, 6.45) is 5.37. The first-order valence-electron chi connectivity index (χ1n) is 6.99. The number of nitrogens with two attached hydrogens (primary N) is 1. The summed E-state index contributed by atoms with van der Waals surface area (Å²) in [4.78, 5) is 1.37. The maximum Gasteiger partial charge on any atom is 0.0914 e. The average Bonchev–Trinajstić information content (AvgIpc) is 3.05. The third-order valence-corrected chi connectivity index (χ3v) is 5.18. The van der Waals surface area contributed by atoms with Crippen molar-refractivity contribution < 1.29 is 0 Å². The van der Waals surface area contributed by atoms with Gasteiger partial charge in [0.1, 0.15) is 0 Å². The van der Waals surface area contributed by atoms with E-state index in [0.29, 0.717) is 6.04 Å². The molecule has 5 heteroatoms. The number of hydrogen-bond acceptors (Lipinski definition) is 4. The minimum Gasteiger partial charge on any atom is -0.390 e. The van der Waals surface area contributed by atoms with Crippen molar-refractivity contribution in [2.45, 2.75) is 38.8 Å². The molecule has 19 heavy (non-hydrogen) atoms.